The second-order valence-corrected chi connectivity index (χ2v) is 5.49. The normalized spacial score (nSPS) is 32.5. The molecule has 1 aliphatic carbocycles. The Kier molecular flexibility index (Phi) is 3.79. The van der Waals surface area contributed by atoms with Crippen molar-refractivity contribution in [1.29, 1.82) is 0 Å². The highest BCUT2D eigenvalue weighted by atomic mass is 19.4. The van der Waals surface area contributed by atoms with Gasteiger partial charge in [0.15, 0.2) is 0 Å². The number of piperazine rings is 1. The smallest absolute Gasteiger partial charge is 0.396 e. The van der Waals surface area contributed by atoms with Gasteiger partial charge in [0.05, 0.1) is 18.6 Å². The molecule has 3 nitrogen and oxygen atoms in total. The number of alkyl halides is 5. The van der Waals surface area contributed by atoms with E-state index in [9.17, 15) is 22.0 Å². The lowest BCUT2D eigenvalue weighted by atomic mass is 10.1. The molecule has 1 aliphatic heterocycles. The Morgan fingerprint density at radius 3 is 1.84 bits per heavy atom. The van der Waals surface area contributed by atoms with Gasteiger partial charge in [0.25, 0.3) is 5.92 Å². The van der Waals surface area contributed by atoms with Crippen LogP contribution in [0.1, 0.15) is 6.42 Å². The maximum Gasteiger partial charge on any atom is 0.401 e. The van der Waals surface area contributed by atoms with Crippen molar-refractivity contribution in [2.45, 2.75) is 18.5 Å². The highest BCUT2D eigenvalue weighted by Crippen LogP contribution is 2.60. The monoisotopic (exact) mass is 288 g/mol. The molecule has 2 fully saturated rings. The van der Waals surface area contributed by atoms with E-state index in [1.54, 1.807) is 4.90 Å². The molecule has 0 spiro atoms. The summed E-state index contributed by atoms with van der Waals surface area (Å²) in [4.78, 5) is 2.98. The fraction of sp³-hybridized carbons (Fsp3) is 1.00. The number of hydrogen-bond acceptors (Lipinski definition) is 3. The molecule has 2 rings (SSSR count). The molecule has 1 heterocycles. The third-order valence-electron chi connectivity index (χ3n) is 3.91. The Bertz CT molecular complexity index is 328. The van der Waals surface area contributed by atoms with Crippen LogP contribution in [-0.4, -0.2) is 72.9 Å². The van der Waals surface area contributed by atoms with Crippen LogP contribution in [0.2, 0.25) is 0 Å². The Labute approximate surface area is 108 Å². The number of halogens is 5. The fourth-order valence-electron chi connectivity index (χ4n) is 2.56. The van der Waals surface area contributed by atoms with Crippen molar-refractivity contribution in [3.63, 3.8) is 0 Å². The van der Waals surface area contributed by atoms with Crippen molar-refractivity contribution in [3.05, 3.63) is 0 Å². The predicted molar refractivity (Wildman–Crippen MR) is 58.0 cm³/mol. The number of hydrogen-bond donors (Lipinski definition) is 1. The molecule has 1 atom stereocenters. The molecule has 8 heteroatoms. The van der Waals surface area contributed by atoms with Crippen LogP contribution in [0.4, 0.5) is 22.0 Å². The first kappa shape index (κ1) is 14.9. The van der Waals surface area contributed by atoms with E-state index in [1.807, 2.05) is 0 Å². The molecule has 1 saturated heterocycles. The van der Waals surface area contributed by atoms with Gasteiger partial charge in [-0.15, -0.1) is 0 Å². The van der Waals surface area contributed by atoms with Gasteiger partial charge in [0, 0.05) is 39.1 Å². The van der Waals surface area contributed by atoms with E-state index in [0.717, 1.165) is 0 Å². The average molecular weight is 288 g/mol. The van der Waals surface area contributed by atoms with Gasteiger partial charge in [-0.2, -0.15) is 13.2 Å². The number of aliphatic hydroxyl groups is 1. The summed E-state index contributed by atoms with van der Waals surface area (Å²) in [5.74, 6) is -2.84. The number of aliphatic hydroxyl groups excluding tert-OH is 1. The molecular formula is C11H17F5N2O. The molecule has 0 aromatic rings. The molecule has 19 heavy (non-hydrogen) atoms. The van der Waals surface area contributed by atoms with Gasteiger partial charge >= 0.3 is 6.18 Å². The topological polar surface area (TPSA) is 26.7 Å². The fourth-order valence-corrected chi connectivity index (χ4v) is 2.56. The van der Waals surface area contributed by atoms with E-state index in [2.05, 4.69) is 0 Å². The van der Waals surface area contributed by atoms with Crippen LogP contribution in [0.15, 0.2) is 0 Å². The third kappa shape index (κ3) is 3.35. The summed E-state index contributed by atoms with van der Waals surface area (Å²) in [6.07, 6.45) is -4.56. The Morgan fingerprint density at radius 1 is 1.00 bits per heavy atom. The highest BCUT2D eigenvalue weighted by molar-refractivity contribution is 5.11. The zero-order chi connectivity index (χ0) is 14.3. The quantitative estimate of drug-likeness (QED) is 0.787. The van der Waals surface area contributed by atoms with Crippen LogP contribution in [0.25, 0.3) is 0 Å². The Balaban J connectivity index is 1.78. The minimum atomic E-state index is -4.22. The van der Waals surface area contributed by atoms with Crippen LogP contribution >= 0.6 is 0 Å². The maximum absolute atomic E-state index is 13.2. The van der Waals surface area contributed by atoms with Crippen molar-refractivity contribution < 1.29 is 27.1 Å². The van der Waals surface area contributed by atoms with E-state index in [0.29, 0.717) is 13.1 Å². The van der Waals surface area contributed by atoms with Crippen molar-refractivity contribution >= 4 is 0 Å². The molecule has 0 unspecified atom stereocenters. The molecule has 0 bridgehead atoms. The first-order valence-electron chi connectivity index (χ1n) is 6.18. The zero-order valence-electron chi connectivity index (χ0n) is 10.4. The largest absolute Gasteiger partial charge is 0.401 e. The maximum atomic E-state index is 13.2. The second kappa shape index (κ2) is 4.82. The van der Waals surface area contributed by atoms with Gasteiger partial charge in [0.2, 0.25) is 0 Å². The van der Waals surface area contributed by atoms with E-state index < -0.39 is 30.7 Å². The standard InChI is InChI=1S/C11H17F5N2O/c12-10(13)5-9(10,8-19)6-17-1-3-18(4-2-17)7-11(14,15)16/h19H,1-8H2/t9-/m1/s1. The molecule has 0 aromatic heterocycles. The molecular weight excluding hydrogens is 271 g/mol. The summed E-state index contributed by atoms with van der Waals surface area (Å²) in [6, 6.07) is 0. The summed E-state index contributed by atoms with van der Waals surface area (Å²) >= 11 is 0. The second-order valence-electron chi connectivity index (χ2n) is 5.49. The zero-order valence-corrected chi connectivity index (χ0v) is 10.4. The summed E-state index contributed by atoms with van der Waals surface area (Å²) in [5.41, 5.74) is -1.38. The Hall–Kier alpha value is -0.470. The van der Waals surface area contributed by atoms with Gasteiger partial charge in [0.1, 0.15) is 0 Å². The minimum Gasteiger partial charge on any atom is -0.396 e. The SMILES string of the molecule is OC[C@]1(CN2CCN(CC(F)(F)F)CC2)CC1(F)F. The van der Waals surface area contributed by atoms with Crippen molar-refractivity contribution in [2.24, 2.45) is 5.41 Å². The van der Waals surface area contributed by atoms with E-state index >= 15 is 0 Å². The van der Waals surface area contributed by atoms with Crippen molar-refractivity contribution in [1.82, 2.24) is 9.80 Å². The summed E-state index contributed by atoms with van der Waals surface area (Å²) in [7, 11) is 0. The van der Waals surface area contributed by atoms with E-state index in [1.165, 1.54) is 4.90 Å². The van der Waals surface area contributed by atoms with Gasteiger partial charge in [-0.1, -0.05) is 0 Å². The molecule has 112 valence electrons. The van der Waals surface area contributed by atoms with Crippen LogP contribution in [0.5, 0.6) is 0 Å². The average Bonchev–Trinajstić information content (AvgIpc) is 2.82. The highest BCUT2D eigenvalue weighted by Gasteiger charge is 2.71. The molecule has 1 N–H and O–H groups in total. The first-order chi connectivity index (χ1) is 8.67. The van der Waals surface area contributed by atoms with Crippen molar-refractivity contribution in [3.8, 4) is 0 Å². The van der Waals surface area contributed by atoms with E-state index in [-0.39, 0.29) is 26.1 Å². The third-order valence-corrected chi connectivity index (χ3v) is 3.91. The number of rotatable bonds is 4. The predicted octanol–water partition coefficient (Wildman–Crippen LogP) is 1.18. The van der Waals surface area contributed by atoms with Gasteiger partial charge in [-0.25, -0.2) is 8.78 Å². The van der Waals surface area contributed by atoms with Gasteiger partial charge < -0.3 is 5.11 Å². The Morgan fingerprint density at radius 2 is 1.47 bits per heavy atom. The lowest BCUT2D eigenvalue weighted by molar-refractivity contribution is -0.149. The molecule has 0 amide bonds. The van der Waals surface area contributed by atoms with Gasteiger partial charge in [-0.3, -0.25) is 9.80 Å². The lowest BCUT2D eigenvalue weighted by Gasteiger charge is -2.36. The number of nitrogens with zero attached hydrogens (tertiary/aromatic N) is 2. The summed E-state index contributed by atoms with van der Waals surface area (Å²) in [6.45, 7) is -0.401. The lowest BCUT2D eigenvalue weighted by Crippen LogP contribution is -2.51. The first-order valence-corrected chi connectivity index (χ1v) is 6.18. The molecule has 1 saturated carbocycles. The van der Waals surface area contributed by atoms with Crippen LogP contribution < -0.4 is 0 Å². The minimum absolute atomic E-state index is 0.0519. The van der Waals surface area contributed by atoms with Gasteiger partial charge in [-0.05, 0) is 0 Å². The molecule has 0 radical (unpaired) electrons. The van der Waals surface area contributed by atoms with E-state index in [4.69, 9.17) is 5.11 Å². The van der Waals surface area contributed by atoms with Crippen LogP contribution in [0, 0.1) is 5.41 Å². The molecule has 0 aromatic carbocycles. The van der Waals surface area contributed by atoms with Crippen LogP contribution in [-0.2, 0) is 0 Å². The molecule has 2 aliphatic rings. The summed E-state index contributed by atoms with van der Waals surface area (Å²) in [5, 5.41) is 9.06. The van der Waals surface area contributed by atoms with Crippen molar-refractivity contribution in [2.75, 3.05) is 45.9 Å². The van der Waals surface area contributed by atoms with Crippen LogP contribution in [0.3, 0.4) is 0 Å². The summed E-state index contributed by atoms with van der Waals surface area (Å²) < 4.78 is 62.9.